The summed E-state index contributed by atoms with van der Waals surface area (Å²) in [6, 6.07) is 7.30. The van der Waals surface area contributed by atoms with Gasteiger partial charge in [0.2, 0.25) is 0 Å². The van der Waals surface area contributed by atoms with Crippen molar-refractivity contribution in [3.05, 3.63) is 99.6 Å². The van der Waals surface area contributed by atoms with E-state index in [0.717, 1.165) is 12.7 Å². The first-order valence-electron chi connectivity index (χ1n) is 15.8. The molecule has 0 unspecified atom stereocenters. The summed E-state index contributed by atoms with van der Waals surface area (Å²) in [5.41, 5.74) is -4.52. The normalized spacial score (nSPS) is 12.8. The highest BCUT2D eigenvalue weighted by atomic mass is 31.1. The number of hydrogen-bond donors (Lipinski definition) is 0. The van der Waals surface area contributed by atoms with Crippen LogP contribution < -0.4 is 25.4 Å². The zero-order chi connectivity index (χ0) is 39.0. The van der Waals surface area contributed by atoms with Crippen molar-refractivity contribution in [2.75, 3.05) is 14.2 Å². The van der Waals surface area contributed by atoms with Crippen molar-refractivity contribution in [2.24, 2.45) is 0 Å². The van der Waals surface area contributed by atoms with Gasteiger partial charge in [-0.1, -0.05) is 44.4 Å². The van der Waals surface area contributed by atoms with Gasteiger partial charge >= 0.3 is 24.7 Å². The van der Waals surface area contributed by atoms with E-state index in [2.05, 4.69) is 0 Å². The number of methoxy groups -OCH3 is 2. The maximum absolute atomic E-state index is 14.3. The fourth-order valence-corrected chi connectivity index (χ4v) is 8.81. The fourth-order valence-electron chi connectivity index (χ4n) is 6.09. The Balaban J connectivity index is 2.38. The lowest BCUT2D eigenvalue weighted by Crippen LogP contribution is -2.28. The number of benzene rings is 4. The molecule has 4 rings (SSSR count). The van der Waals surface area contributed by atoms with Crippen LogP contribution in [0.1, 0.15) is 65.6 Å². The van der Waals surface area contributed by atoms with Gasteiger partial charge in [-0.25, -0.2) is 0 Å². The Hall–Kier alpha value is -3.93. The second kappa shape index (κ2) is 15.2. The molecule has 0 amide bonds. The number of ether oxygens (including phenoxy) is 2. The molecule has 0 aliphatic rings. The molecular formula is C37H33F12O2P. The summed E-state index contributed by atoms with van der Waals surface area (Å²) in [5, 5.41) is -1.87. The minimum Gasteiger partial charge on any atom is -0.496 e. The molecule has 0 aliphatic heterocycles. The molecule has 0 N–H and O–H groups in total. The lowest BCUT2D eigenvalue weighted by molar-refractivity contribution is -0.144. The molecule has 15 heteroatoms. The molecule has 0 heterocycles. The minimum atomic E-state index is -5.39. The summed E-state index contributed by atoms with van der Waals surface area (Å²) in [6.07, 6.45) is -19.6. The summed E-state index contributed by atoms with van der Waals surface area (Å²) in [7, 11) is -0.786. The van der Waals surface area contributed by atoms with E-state index >= 15 is 0 Å². The van der Waals surface area contributed by atoms with Crippen LogP contribution in [0, 0.1) is 6.92 Å². The molecule has 0 bridgehead atoms. The van der Waals surface area contributed by atoms with Gasteiger partial charge in [-0.2, -0.15) is 52.7 Å². The number of alkyl halides is 12. The van der Waals surface area contributed by atoms with Gasteiger partial charge in [0.15, 0.2) is 0 Å². The smallest absolute Gasteiger partial charge is 0.416 e. The monoisotopic (exact) mass is 768 g/mol. The first kappa shape index (κ1) is 40.8. The molecule has 4 aromatic rings. The number of rotatable bonds is 10. The molecule has 2 nitrogen and oxygen atoms in total. The third-order valence-corrected chi connectivity index (χ3v) is 10.6. The molecule has 0 radical (unpaired) electrons. The predicted molar refractivity (Wildman–Crippen MR) is 176 cm³/mol. The zero-order valence-electron chi connectivity index (χ0n) is 28.4. The van der Waals surface area contributed by atoms with E-state index in [9.17, 15) is 52.7 Å². The third-order valence-electron chi connectivity index (χ3n) is 8.16. The molecule has 0 saturated heterocycles. The molecule has 52 heavy (non-hydrogen) atoms. The maximum Gasteiger partial charge on any atom is 0.416 e. The van der Waals surface area contributed by atoms with Crippen molar-refractivity contribution in [3.63, 3.8) is 0 Å². The molecule has 0 aliphatic carbocycles. The van der Waals surface area contributed by atoms with E-state index in [1.807, 2.05) is 32.9 Å². The van der Waals surface area contributed by atoms with Crippen molar-refractivity contribution in [1.82, 2.24) is 0 Å². The van der Waals surface area contributed by atoms with Crippen molar-refractivity contribution in [2.45, 2.75) is 71.2 Å². The van der Waals surface area contributed by atoms with Crippen molar-refractivity contribution in [1.29, 1.82) is 0 Å². The van der Waals surface area contributed by atoms with E-state index in [1.54, 1.807) is 0 Å². The largest absolute Gasteiger partial charge is 0.496 e. The summed E-state index contributed by atoms with van der Waals surface area (Å²) >= 11 is 0. The van der Waals surface area contributed by atoms with Crippen LogP contribution in [0.5, 0.6) is 11.5 Å². The summed E-state index contributed by atoms with van der Waals surface area (Å²) in [4.78, 5) is 0. The highest BCUT2D eigenvalue weighted by molar-refractivity contribution is 7.80. The average molecular weight is 769 g/mol. The van der Waals surface area contributed by atoms with Crippen molar-refractivity contribution >= 4 is 23.8 Å². The maximum atomic E-state index is 14.3. The minimum absolute atomic E-state index is 0.0212. The molecule has 0 atom stereocenters. The van der Waals surface area contributed by atoms with Gasteiger partial charge in [-0.05, 0) is 104 Å². The lowest BCUT2D eigenvalue weighted by atomic mass is 9.88. The lowest BCUT2D eigenvalue weighted by Gasteiger charge is -2.29. The molecule has 282 valence electrons. The van der Waals surface area contributed by atoms with E-state index in [0.29, 0.717) is 66.6 Å². The SMILES string of the molecule is CCCc1cc(C)cc(CCC)c1-c1c(OC)ccc(OC)c1P(c1cc(C(F)(F)F)cc(C(F)(F)F)c1)c1cc(C(F)(F)F)cc(C(F)(F)F)c1. The predicted octanol–water partition coefficient (Wildman–Crippen LogP) is 11.4. The fraction of sp³-hybridized carbons (Fsp3) is 0.351. The number of aryl methyl sites for hydroxylation is 3. The summed E-state index contributed by atoms with van der Waals surface area (Å²) < 4.78 is 182. The van der Waals surface area contributed by atoms with Gasteiger partial charge in [0.1, 0.15) is 11.5 Å². The van der Waals surface area contributed by atoms with Gasteiger partial charge in [0.05, 0.1) is 36.5 Å². The van der Waals surface area contributed by atoms with Crippen LogP contribution in [-0.2, 0) is 37.5 Å². The molecule has 0 fully saturated rings. The summed E-state index contributed by atoms with van der Waals surface area (Å²) in [5.74, 6) is -0.183. The van der Waals surface area contributed by atoms with Crippen molar-refractivity contribution in [3.8, 4) is 22.6 Å². The van der Waals surface area contributed by atoms with Crippen LogP contribution >= 0.6 is 7.92 Å². The Bertz CT molecular complexity index is 1740. The van der Waals surface area contributed by atoms with Crippen LogP contribution in [0.2, 0.25) is 0 Å². The van der Waals surface area contributed by atoms with E-state index in [4.69, 9.17) is 9.47 Å². The Morgan fingerprint density at radius 1 is 0.500 bits per heavy atom. The quantitative estimate of drug-likeness (QED) is 0.118. The first-order chi connectivity index (χ1) is 24.0. The van der Waals surface area contributed by atoms with Crippen molar-refractivity contribution < 1.29 is 62.2 Å². The number of halogens is 12. The number of hydrogen-bond acceptors (Lipinski definition) is 2. The average Bonchev–Trinajstić information content (AvgIpc) is 3.03. The van der Waals surface area contributed by atoms with Crippen LogP contribution in [0.25, 0.3) is 11.1 Å². The summed E-state index contributed by atoms with van der Waals surface area (Å²) in [6.45, 7) is 5.55. The van der Waals surface area contributed by atoms with Crippen LogP contribution in [-0.4, -0.2) is 14.2 Å². The highest BCUT2D eigenvalue weighted by Gasteiger charge is 2.42. The van der Waals surface area contributed by atoms with E-state index < -0.39 is 65.5 Å². The van der Waals surface area contributed by atoms with E-state index in [-0.39, 0.29) is 34.5 Å². The Labute approximate surface area is 293 Å². The molecule has 4 aromatic carbocycles. The molecular weight excluding hydrogens is 735 g/mol. The third kappa shape index (κ3) is 8.81. The van der Waals surface area contributed by atoms with Gasteiger partial charge in [-0.3, -0.25) is 0 Å². The van der Waals surface area contributed by atoms with E-state index in [1.165, 1.54) is 19.2 Å². The van der Waals surface area contributed by atoms with Crippen LogP contribution in [0.15, 0.2) is 60.7 Å². The van der Waals surface area contributed by atoms with Gasteiger partial charge in [0, 0.05) is 10.9 Å². The molecule has 0 spiro atoms. The zero-order valence-corrected chi connectivity index (χ0v) is 29.3. The van der Waals surface area contributed by atoms with Crippen LogP contribution in [0.4, 0.5) is 52.7 Å². The molecule has 0 saturated carbocycles. The second-order valence-corrected chi connectivity index (χ2v) is 14.2. The molecule has 0 aromatic heterocycles. The van der Waals surface area contributed by atoms with Crippen LogP contribution in [0.3, 0.4) is 0 Å². The topological polar surface area (TPSA) is 18.5 Å². The first-order valence-corrected chi connectivity index (χ1v) is 17.2. The Kier molecular flexibility index (Phi) is 11.9. The van der Waals surface area contributed by atoms with Gasteiger partial charge < -0.3 is 9.47 Å². The van der Waals surface area contributed by atoms with Gasteiger partial charge in [0.25, 0.3) is 0 Å². The van der Waals surface area contributed by atoms with Gasteiger partial charge in [-0.15, -0.1) is 0 Å². The Morgan fingerprint density at radius 2 is 0.846 bits per heavy atom. The second-order valence-electron chi connectivity index (χ2n) is 12.0. The highest BCUT2D eigenvalue weighted by Crippen LogP contribution is 2.49. The Morgan fingerprint density at radius 3 is 1.15 bits per heavy atom. The standard InChI is InChI=1S/C37H33F12O2P/c1-6-8-21-12-20(3)13-22(9-7-2)31(21)32-29(50-4)10-11-30(51-5)33(32)52(27-16-23(34(38,39)40)14-24(17-27)35(41,42)43)28-18-25(36(44,45)46)15-26(19-28)37(47,48)49/h10-19H,6-9H2,1-5H3.